The minimum Gasteiger partial charge on any atom is -0.389 e. The molecule has 0 radical (unpaired) electrons. The summed E-state index contributed by atoms with van der Waals surface area (Å²) in [6.45, 7) is 1.03. The second-order valence-electron chi connectivity index (χ2n) is 5.54. The van der Waals surface area contributed by atoms with E-state index in [9.17, 15) is 9.90 Å². The molecule has 6 heteroatoms. The van der Waals surface area contributed by atoms with Crippen LogP contribution in [0.15, 0.2) is 16.2 Å². The Hall–Kier alpha value is -1.24. The molecular formula is C14H19N3O2S. The van der Waals surface area contributed by atoms with Crippen molar-refractivity contribution in [3.63, 3.8) is 0 Å². The Kier molecular flexibility index (Phi) is 3.87. The van der Waals surface area contributed by atoms with Gasteiger partial charge in [-0.1, -0.05) is 19.3 Å². The molecule has 0 aliphatic heterocycles. The number of nitrogens with zero attached hydrogens (tertiary/aromatic N) is 1. The van der Waals surface area contributed by atoms with Crippen LogP contribution in [0.5, 0.6) is 0 Å². The first-order chi connectivity index (χ1) is 9.66. The van der Waals surface area contributed by atoms with E-state index >= 15 is 0 Å². The first-order valence-electron chi connectivity index (χ1n) is 7.06. The lowest BCUT2D eigenvalue weighted by Crippen LogP contribution is -2.42. The van der Waals surface area contributed by atoms with Gasteiger partial charge in [0.25, 0.3) is 5.56 Å². The van der Waals surface area contributed by atoms with Crippen LogP contribution in [0.1, 0.15) is 37.9 Å². The Morgan fingerprint density at radius 1 is 1.40 bits per heavy atom. The molecule has 3 rings (SSSR count). The van der Waals surface area contributed by atoms with E-state index in [2.05, 4.69) is 15.3 Å². The van der Waals surface area contributed by atoms with E-state index in [-0.39, 0.29) is 5.56 Å². The Bertz CT molecular complexity index is 643. The van der Waals surface area contributed by atoms with Crippen molar-refractivity contribution in [2.24, 2.45) is 0 Å². The molecule has 1 aliphatic carbocycles. The fourth-order valence-corrected chi connectivity index (χ4v) is 3.53. The number of fused-ring (bicyclic) bond motifs is 1. The monoisotopic (exact) mass is 293 g/mol. The van der Waals surface area contributed by atoms with Crippen molar-refractivity contribution < 1.29 is 5.11 Å². The van der Waals surface area contributed by atoms with Gasteiger partial charge in [-0.3, -0.25) is 4.79 Å². The van der Waals surface area contributed by atoms with Gasteiger partial charge in [-0.05, 0) is 24.3 Å². The van der Waals surface area contributed by atoms with Crippen LogP contribution in [0, 0.1) is 0 Å². The van der Waals surface area contributed by atoms with E-state index in [0.717, 1.165) is 31.2 Å². The van der Waals surface area contributed by atoms with Crippen LogP contribution in [-0.2, 0) is 6.54 Å². The predicted molar refractivity (Wildman–Crippen MR) is 80.0 cm³/mol. The van der Waals surface area contributed by atoms with Crippen molar-refractivity contribution in [2.75, 3.05) is 6.54 Å². The Labute approximate surface area is 121 Å². The number of hydrogen-bond acceptors (Lipinski definition) is 5. The minimum absolute atomic E-state index is 0.0850. The fraction of sp³-hybridized carbons (Fsp3) is 0.571. The standard InChI is InChI=1S/C14H19N3O2S/c18-13-12-10(4-7-20-12)16-11(17-13)8-15-9-14(19)5-2-1-3-6-14/h4,7,15,19H,1-3,5-6,8-9H2,(H,16,17,18). The van der Waals surface area contributed by atoms with Crippen molar-refractivity contribution in [1.82, 2.24) is 15.3 Å². The lowest BCUT2D eigenvalue weighted by atomic mass is 9.85. The molecule has 1 fully saturated rings. The molecular weight excluding hydrogens is 274 g/mol. The highest BCUT2D eigenvalue weighted by Crippen LogP contribution is 2.27. The van der Waals surface area contributed by atoms with Crippen LogP contribution in [-0.4, -0.2) is 27.2 Å². The molecule has 0 spiro atoms. The van der Waals surface area contributed by atoms with Gasteiger partial charge in [0.1, 0.15) is 10.5 Å². The van der Waals surface area contributed by atoms with Gasteiger partial charge in [-0.15, -0.1) is 11.3 Å². The maximum absolute atomic E-state index is 11.8. The molecule has 108 valence electrons. The molecule has 0 saturated heterocycles. The first-order valence-corrected chi connectivity index (χ1v) is 7.94. The van der Waals surface area contributed by atoms with Crippen LogP contribution in [0.4, 0.5) is 0 Å². The van der Waals surface area contributed by atoms with Gasteiger partial charge < -0.3 is 15.4 Å². The van der Waals surface area contributed by atoms with Crippen molar-refractivity contribution in [1.29, 1.82) is 0 Å². The summed E-state index contributed by atoms with van der Waals surface area (Å²) in [6.07, 6.45) is 5.11. The normalized spacial score (nSPS) is 18.4. The quantitative estimate of drug-likeness (QED) is 0.803. The minimum atomic E-state index is -0.592. The highest BCUT2D eigenvalue weighted by molar-refractivity contribution is 7.17. The second-order valence-corrected chi connectivity index (χ2v) is 6.45. The first kappa shape index (κ1) is 13.7. The summed E-state index contributed by atoms with van der Waals surface area (Å²) in [4.78, 5) is 19.0. The van der Waals surface area contributed by atoms with Crippen LogP contribution < -0.4 is 10.9 Å². The molecule has 1 saturated carbocycles. The Morgan fingerprint density at radius 3 is 3.00 bits per heavy atom. The third-order valence-electron chi connectivity index (χ3n) is 3.89. The fourth-order valence-electron chi connectivity index (χ4n) is 2.81. The smallest absolute Gasteiger partial charge is 0.268 e. The van der Waals surface area contributed by atoms with Crippen molar-refractivity contribution in [3.05, 3.63) is 27.6 Å². The molecule has 3 N–H and O–H groups in total. The molecule has 0 aromatic carbocycles. The Morgan fingerprint density at radius 2 is 2.20 bits per heavy atom. The van der Waals surface area contributed by atoms with E-state index < -0.39 is 5.60 Å². The number of nitrogens with one attached hydrogen (secondary N) is 2. The largest absolute Gasteiger partial charge is 0.389 e. The third kappa shape index (κ3) is 2.92. The third-order valence-corrected chi connectivity index (χ3v) is 4.80. The van der Waals surface area contributed by atoms with E-state index in [0.29, 0.717) is 23.6 Å². The van der Waals surface area contributed by atoms with Crippen molar-refractivity contribution >= 4 is 21.6 Å². The van der Waals surface area contributed by atoms with Gasteiger partial charge in [-0.2, -0.15) is 0 Å². The van der Waals surface area contributed by atoms with Crippen LogP contribution >= 0.6 is 11.3 Å². The molecule has 1 aliphatic rings. The van der Waals surface area contributed by atoms with Crippen LogP contribution in [0.2, 0.25) is 0 Å². The molecule has 0 unspecified atom stereocenters. The molecule has 0 atom stereocenters. The van der Waals surface area contributed by atoms with Gasteiger partial charge in [0.2, 0.25) is 0 Å². The van der Waals surface area contributed by atoms with E-state index in [4.69, 9.17) is 0 Å². The average molecular weight is 293 g/mol. The van der Waals surface area contributed by atoms with Gasteiger partial charge in [-0.25, -0.2) is 4.98 Å². The number of hydrogen-bond donors (Lipinski definition) is 3. The molecule has 2 heterocycles. The van der Waals surface area contributed by atoms with E-state index in [1.54, 1.807) is 0 Å². The number of aromatic amines is 1. The summed E-state index contributed by atoms with van der Waals surface area (Å²) in [7, 11) is 0. The SMILES string of the molecule is O=c1[nH]c(CNCC2(O)CCCCC2)nc2ccsc12. The lowest BCUT2D eigenvalue weighted by molar-refractivity contribution is 0.00456. The topological polar surface area (TPSA) is 78.0 Å². The zero-order valence-electron chi connectivity index (χ0n) is 11.3. The molecule has 2 aromatic rings. The maximum atomic E-state index is 11.8. The highest BCUT2D eigenvalue weighted by atomic mass is 32.1. The summed E-state index contributed by atoms with van der Waals surface area (Å²) < 4.78 is 0.666. The van der Waals surface area contributed by atoms with Gasteiger partial charge in [0, 0.05) is 6.54 Å². The summed E-state index contributed by atoms with van der Waals surface area (Å²) in [6, 6.07) is 1.85. The van der Waals surface area contributed by atoms with Crippen LogP contribution in [0.25, 0.3) is 10.2 Å². The van der Waals surface area contributed by atoms with Gasteiger partial charge in [0.15, 0.2) is 0 Å². The number of thiophene rings is 1. The van der Waals surface area contributed by atoms with Crippen LogP contribution in [0.3, 0.4) is 0 Å². The van der Waals surface area contributed by atoms with Gasteiger partial charge >= 0.3 is 0 Å². The second kappa shape index (κ2) is 5.63. The van der Waals surface area contributed by atoms with Gasteiger partial charge in [0.05, 0.1) is 17.7 Å². The number of rotatable bonds is 4. The zero-order valence-corrected chi connectivity index (χ0v) is 12.1. The van der Waals surface area contributed by atoms with Crippen molar-refractivity contribution in [3.8, 4) is 0 Å². The number of aliphatic hydroxyl groups is 1. The molecule has 0 amide bonds. The highest BCUT2D eigenvalue weighted by Gasteiger charge is 2.28. The molecule has 20 heavy (non-hydrogen) atoms. The zero-order chi connectivity index (χ0) is 14.0. The predicted octanol–water partition coefficient (Wildman–Crippen LogP) is 1.77. The lowest BCUT2D eigenvalue weighted by Gasteiger charge is -2.32. The summed E-state index contributed by atoms with van der Waals surface area (Å²) in [5.41, 5.74) is 0.0653. The number of aromatic nitrogens is 2. The number of H-pyrrole nitrogens is 1. The molecule has 5 nitrogen and oxygen atoms in total. The summed E-state index contributed by atoms with van der Waals surface area (Å²) in [5.74, 6) is 0.625. The molecule has 2 aromatic heterocycles. The average Bonchev–Trinajstić information content (AvgIpc) is 2.88. The molecule has 0 bridgehead atoms. The Balaban J connectivity index is 1.63. The van der Waals surface area contributed by atoms with E-state index in [1.807, 2.05) is 11.4 Å². The van der Waals surface area contributed by atoms with Crippen molar-refractivity contribution in [2.45, 2.75) is 44.2 Å². The maximum Gasteiger partial charge on any atom is 0.268 e. The summed E-state index contributed by atoms with van der Waals surface area (Å²) in [5, 5.41) is 15.5. The summed E-state index contributed by atoms with van der Waals surface area (Å²) >= 11 is 1.40. The van der Waals surface area contributed by atoms with E-state index in [1.165, 1.54) is 17.8 Å².